The van der Waals surface area contributed by atoms with Gasteiger partial charge < -0.3 is 10.2 Å². The summed E-state index contributed by atoms with van der Waals surface area (Å²) in [6.45, 7) is 1.43. The quantitative estimate of drug-likeness (QED) is 0.675. The first-order valence-corrected chi connectivity index (χ1v) is 6.35. The number of carbonyl (C=O) groups is 1. The van der Waals surface area contributed by atoms with Crippen LogP contribution in [0.2, 0.25) is 5.02 Å². The first-order chi connectivity index (χ1) is 9.95. The first kappa shape index (κ1) is 18.0. The number of amides is 1. The molecule has 1 N–H and O–H groups in total. The summed E-state index contributed by atoms with van der Waals surface area (Å²) in [4.78, 5) is 23.0. The van der Waals surface area contributed by atoms with E-state index < -0.39 is 39.3 Å². The molecule has 0 saturated carbocycles. The smallest absolute Gasteiger partial charge is 0.368 e. The van der Waals surface area contributed by atoms with Crippen LogP contribution in [0.3, 0.4) is 0 Å². The Morgan fingerprint density at radius 1 is 1.41 bits per heavy atom. The van der Waals surface area contributed by atoms with E-state index in [1.54, 1.807) is 0 Å². The molecule has 1 amide bonds. The van der Waals surface area contributed by atoms with Crippen LogP contribution < -0.4 is 5.32 Å². The lowest BCUT2D eigenvalue weighted by molar-refractivity contribution is -0.384. The Morgan fingerprint density at radius 3 is 2.36 bits per heavy atom. The predicted molar refractivity (Wildman–Crippen MR) is 74.9 cm³/mol. The number of benzene rings is 1. The summed E-state index contributed by atoms with van der Waals surface area (Å²) < 4.78 is 38.2. The lowest BCUT2D eigenvalue weighted by atomic mass is 10.1. The number of rotatable bonds is 4. The molecule has 0 unspecified atom stereocenters. The third-order valence-electron chi connectivity index (χ3n) is 2.77. The molecule has 0 aliphatic carbocycles. The molecule has 0 radical (unpaired) electrons. The molecule has 1 aromatic carbocycles. The van der Waals surface area contributed by atoms with E-state index in [1.165, 1.54) is 25.9 Å². The van der Waals surface area contributed by atoms with Crippen molar-refractivity contribution in [3.63, 3.8) is 0 Å². The van der Waals surface area contributed by atoms with Crippen LogP contribution >= 0.6 is 11.6 Å². The number of carbonyl (C=O) groups excluding carboxylic acids is 1. The zero-order chi connectivity index (χ0) is 17.2. The van der Waals surface area contributed by atoms with Crippen molar-refractivity contribution in [3.8, 4) is 0 Å². The minimum absolute atomic E-state index is 0.259. The van der Waals surface area contributed by atoms with Gasteiger partial charge in [0.15, 0.2) is 0 Å². The Morgan fingerprint density at radius 2 is 1.95 bits per heavy atom. The van der Waals surface area contributed by atoms with Gasteiger partial charge in [-0.3, -0.25) is 14.9 Å². The van der Waals surface area contributed by atoms with Crippen molar-refractivity contribution < 1.29 is 22.9 Å². The molecule has 0 aliphatic rings. The van der Waals surface area contributed by atoms with Crippen molar-refractivity contribution in [2.75, 3.05) is 19.4 Å². The Hall–Kier alpha value is -2.03. The number of halogens is 4. The summed E-state index contributed by atoms with van der Waals surface area (Å²) in [5.41, 5.74) is -2.38. The summed E-state index contributed by atoms with van der Waals surface area (Å²) in [5, 5.41) is 12.8. The van der Waals surface area contributed by atoms with Crippen LogP contribution in [0.1, 0.15) is 12.5 Å². The molecule has 0 aliphatic heterocycles. The van der Waals surface area contributed by atoms with Gasteiger partial charge in [0.2, 0.25) is 5.91 Å². The van der Waals surface area contributed by atoms with Crippen molar-refractivity contribution >= 4 is 28.9 Å². The SMILES string of the molecule is C[C@H](Nc1cc(Cl)c(C(F)(F)F)cc1[N+](=O)[O-])C(=O)N(C)C. The second-order valence-electron chi connectivity index (χ2n) is 4.70. The van der Waals surface area contributed by atoms with E-state index in [-0.39, 0.29) is 5.69 Å². The van der Waals surface area contributed by atoms with Crippen LogP contribution in [-0.4, -0.2) is 35.9 Å². The topological polar surface area (TPSA) is 75.5 Å². The van der Waals surface area contributed by atoms with Gasteiger partial charge in [0.05, 0.1) is 15.5 Å². The lowest BCUT2D eigenvalue weighted by Gasteiger charge is -2.19. The van der Waals surface area contributed by atoms with Gasteiger partial charge in [-0.05, 0) is 13.0 Å². The molecule has 0 aromatic heterocycles. The third kappa shape index (κ3) is 4.00. The van der Waals surface area contributed by atoms with Crippen molar-refractivity contribution in [1.29, 1.82) is 0 Å². The van der Waals surface area contributed by atoms with Crippen LogP contribution in [0.25, 0.3) is 0 Å². The molecular formula is C12H13ClF3N3O3. The maximum Gasteiger partial charge on any atom is 0.418 e. The highest BCUT2D eigenvalue weighted by Gasteiger charge is 2.36. The third-order valence-corrected chi connectivity index (χ3v) is 3.08. The summed E-state index contributed by atoms with van der Waals surface area (Å²) in [6, 6.07) is 0.265. The van der Waals surface area contributed by atoms with Crippen LogP contribution in [0.15, 0.2) is 12.1 Å². The predicted octanol–water partition coefficient (Wildman–Crippen LogP) is 3.16. The van der Waals surface area contributed by atoms with Crippen molar-refractivity contribution in [2.24, 2.45) is 0 Å². The Labute approximate surface area is 129 Å². The Kier molecular flexibility index (Phi) is 5.23. The van der Waals surface area contributed by atoms with Gasteiger partial charge in [-0.25, -0.2) is 0 Å². The summed E-state index contributed by atoms with van der Waals surface area (Å²) >= 11 is 5.54. The monoisotopic (exact) mass is 339 g/mol. The molecule has 0 spiro atoms. The number of nitrogens with one attached hydrogen (secondary N) is 1. The van der Waals surface area contributed by atoms with E-state index >= 15 is 0 Å². The molecule has 0 saturated heterocycles. The van der Waals surface area contributed by atoms with E-state index in [2.05, 4.69) is 5.32 Å². The summed E-state index contributed by atoms with van der Waals surface area (Å²) in [6.07, 6.45) is -4.81. The van der Waals surface area contributed by atoms with Gasteiger partial charge in [0.25, 0.3) is 5.69 Å². The fourth-order valence-electron chi connectivity index (χ4n) is 1.73. The van der Waals surface area contributed by atoms with Crippen LogP contribution in [-0.2, 0) is 11.0 Å². The fourth-order valence-corrected chi connectivity index (χ4v) is 2.00. The molecule has 0 fully saturated rings. The molecule has 6 nitrogen and oxygen atoms in total. The number of hydrogen-bond donors (Lipinski definition) is 1. The summed E-state index contributed by atoms with van der Waals surface area (Å²) in [7, 11) is 2.96. The molecule has 0 heterocycles. The van der Waals surface area contributed by atoms with Gasteiger partial charge >= 0.3 is 6.18 Å². The molecule has 1 atom stereocenters. The van der Waals surface area contributed by atoms with Gasteiger partial charge in [0, 0.05) is 20.2 Å². The molecule has 22 heavy (non-hydrogen) atoms. The number of nitro benzene ring substituents is 1. The van der Waals surface area contributed by atoms with E-state index in [4.69, 9.17) is 11.6 Å². The Balaban J connectivity index is 3.28. The maximum absolute atomic E-state index is 12.7. The molecule has 122 valence electrons. The molecule has 10 heteroatoms. The zero-order valence-electron chi connectivity index (χ0n) is 11.9. The summed E-state index contributed by atoms with van der Waals surface area (Å²) in [5.74, 6) is -0.398. The second-order valence-corrected chi connectivity index (χ2v) is 5.11. The second kappa shape index (κ2) is 6.39. The van der Waals surface area contributed by atoms with Crippen molar-refractivity contribution in [3.05, 3.63) is 32.8 Å². The number of nitro groups is 1. The molecule has 1 rings (SSSR count). The van der Waals surface area contributed by atoms with Gasteiger partial charge in [0.1, 0.15) is 11.7 Å². The van der Waals surface area contributed by atoms with E-state index in [0.29, 0.717) is 6.07 Å². The Bertz CT molecular complexity index is 605. The van der Waals surface area contributed by atoms with Gasteiger partial charge in [-0.1, -0.05) is 11.6 Å². The highest BCUT2D eigenvalue weighted by atomic mass is 35.5. The highest BCUT2D eigenvalue weighted by Crippen LogP contribution is 2.40. The number of alkyl halides is 3. The maximum atomic E-state index is 12.7. The van der Waals surface area contributed by atoms with Gasteiger partial charge in [-0.15, -0.1) is 0 Å². The van der Waals surface area contributed by atoms with E-state index in [1.807, 2.05) is 0 Å². The minimum atomic E-state index is -4.81. The normalized spacial score (nSPS) is 12.7. The number of hydrogen-bond acceptors (Lipinski definition) is 4. The number of anilines is 1. The van der Waals surface area contributed by atoms with Crippen LogP contribution in [0.5, 0.6) is 0 Å². The average molecular weight is 340 g/mol. The van der Waals surface area contributed by atoms with Crippen molar-refractivity contribution in [1.82, 2.24) is 4.90 Å². The first-order valence-electron chi connectivity index (χ1n) is 5.98. The van der Waals surface area contributed by atoms with Crippen LogP contribution in [0.4, 0.5) is 24.5 Å². The number of nitrogens with zero attached hydrogens (tertiary/aromatic N) is 2. The lowest BCUT2D eigenvalue weighted by Crippen LogP contribution is -2.36. The van der Waals surface area contributed by atoms with Crippen molar-refractivity contribution in [2.45, 2.75) is 19.1 Å². The van der Waals surface area contributed by atoms with Crippen LogP contribution in [0, 0.1) is 10.1 Å². The molecule has 1 aromatic rings. The van der Waals surface area contributed by atoms with E-state index in [0.717, 1.165) is 6.07 Å². The van der Waals surface area contributed by atoms with Gasteiger partial charge in [-0.2, -0.15) is 13.2 Å². The average Bonchev–Trinajstić information content (AvgIpc) is 2.35. The molecular weight excluding hydrogens is 327 g/mol. The minimum Gasteiger partial charge on any atom is -0.368 e. The van der Waals surface area contributed by atoms with E-state index in [9.17, 15) is 28.1 Å². The standard InChI is InChI=1S/C12H13ClF3N3O3/c1-6(11(20)18(2)3)17-9-5-8(13)7(12(14,15)16)4-10(9)19(21)22/h4-6,17H,1-3H3/t6-/m0/s1. The largest absolute Gasteiger partial charge is 0.418 e. The zero-order valence-corrected chi connectivity index (χ0v) is 12.6. The number of likely N-dealkylation sites (N-methyl/N-ethyl adjacent to an activating group) is 1. The molecule has 0 bridgehead atoms. The fraction of sp³-hybridized carbons (Fsp3) is 0.417. The highest BCUT2D eigenvalue weighted by molar-refractivity contribution is 6.31.